The number of aliphatic hydroxyl groups is 1. The van der Waals surface area contributed by atoms with Crippen LogP contribution in [0.3, 0.4) is 0 Å². The van der Waals surface area contributed by atoms with Crippen molar-refractivity contribution in [3.05, 3.63) is 24.2 Å². The average molecular weight is 267 g/mol. The monoisotopic (exact) mass is 267 g/mol. The highest BCUT2D eigenvalue weighted by Gasteiger charge is 2.18. The van der Waals surface area contributed by atoms with Crippen molar-refractivity contribution >= 4 is 11.7 Å². The lowest BCUT2D eigenvalue weighted by Gasteiger charge is -2.17. The molecule has 19 heavy (non-hydrogen) atoms. The predicted octanol–water partition coefficient (Wildman–Crippen LogP) is 1.76. The SMILES string of the molecule is CC(CC(=O)c1ccco1)NC(=O)CC(O)C(C)C. The lowest BCUT2D eigenvalue weighted by Crippen LogP contribution is -2.36. The number of aliphatic hydroxyl groups excluding tert-OH is 1. The van der Waals surface area contributed by atoms with Crippen molar-refractivity contribution in [3.63, 3.8) is 0 Å². The summed E-state index contributed by atoms with van der Waals surface area (Å²) in [5.41, 5.74) is 0. The summed E-state index contributed by atoms with van der Waals surface area (Å²) in [4.78, 5) is 23.4. The normalized spacial score (nSPS) is 14.2. The number of Topliss-reactive ketones (excluding diaryl/α,β-unsaturated/α-hetero) is 1. The van der Waals surface area contributed by atoms with E-state index in [0.29, 0.717) is 5.76 Å². The van der Waals surface area contributed by atoms with Crippen LogP contribution in [-0.2, 0) is 4.79 Å². The molecule has 1 aromatic rings. The Kier molecular flexibility index (Phi) is 5.76. The molecule has 1 heterocycles. The largest absolute Gasteiger partial charge is 0.461 e. The quantitative estimate of drug-likeness (QED) is 0.738. The molecule has 0 aliphatic heterocycles. The molecule has 0 radical (unpaired) electrons. The Morgan fingerprint density at radius 2 is 2.00 bits per heavy atom. The molecular formula is C14H21NO4. The molecule has 0 spiro atoms. The van der Waals surface area contributed by atoms with Crippen LogP contribution >= 0.6 is 0 Å². The van der Waals surface area contributed by atoms with Crippen LogP contribution in [0.4, 0.5) is 0 Å². The molecule has 2 atom stereocenters. The van der Waals surface area contributed by atoms with Crippen molar-refractivity contribution in [1.29, 1.82) is 0 Å². The molecule has 5 nitrogen and oxygen atoms in total. The van der Waals surface area contributed by atoms with Gasteiger partial charge in [0.25, 0.3) is 0 Å². The molecule has 0 aliphatic carbocycles. The van der Waals surface area contributed by atoms with Crippen LogP contribution in [-0.4, -0.2) is 28.9 Å². The Bertz CT molecular complexity index is 411. The first-order valence-corrected chi connectivity index (χ1v) is 6.44. The van der Waals surface area contributed by atoms with Gasteiger partial charge in [0, 0.05) is 12.5 Å². The van der Waals surface area contributed by atoms with Crippen molar-refractivity contribution in [1.82, 2.24) is 5.32 Å². The van der Waals surface area contributed by atoms with Crippen molar-refractivity contribution in [2.24, 2.45) is 5.92 Å². The van der Waals surface area contributed by atoms with E-state index >= 15 is 0 Å². The topological polar surface area (TPSA) is 79.5 Å². The summed E-state index contributed by atoms with van der Waals surface area (Å²) >= 11 is 0. The molecule has 0 saturated heterocycles. The van der Waals surface area contributed by atoms with E-state index in [-0.39, 0.29) is 36.5 Å². The summed E-state index contributed by atoms with van der Waals surface area (Å²) in [6, 6.07) is 2.96. The summed E-state index contributed by atoms with van der Waals surface area (Å²) in [6.07, 6.45) is 1.01. The van der Waals surface area contributed by atoms with Crippen LogP contribution in [0.25, 0.3) is 0 Å². The molecule has 1 rings (SSSR count). The fourth-order valence-corrected chi connectivity index (χ4v) is 1.63. The summed E-state index contributed by atoms with van der Waals surface area (Å²) in [5, 5.41) is 12.3. The third kappa shape index (κ3) is 5.26. The molecule has 0 aliphatic rings. The lowest BCUT2D eigenvalue weighted by atomic mass is 10.0. The number of amides is 1. The van der Waals surface area contributed by atoms with Crippen LogP contribution in [0.2, 0.25) is 0 Å². The van der Waals surface area contributed by atoms with E-state index in [0.717, 1.165) is 0 Å². The van der Waals surface area contributed by atoms with Crippen LogP contribution in [0.5, 0.6) is 0 Å². The number of carbonyl (C=O) groups is 2. The van der Waals surface area contributed by atoms with Crippen LogP contribution in [0, 0.1) is 5.92 Å². The van der Waals surface area contributed by atoms with Crippen molar-refractivity contribution in [3.8, 4) is 0 Å². The number of nitrogens with one attached hydrogen (secondary N) is 1. The van der Waals surface area contributed by atoms with Gasteiger partial charge in [-0.3, -0.25) is 9.59 Å². The number of hydrogen-bond donors (Lipinski definition) is 2. The summed E-state index contributed by atoms with van der Waals surface area (Å²) < 4.78 is 4.99. The van der Waals surface area contributed by atoms with Crippen molar-refractivity contribution in [2.45, 2.75) is 45.8 Å². The second-order valence-corrected chi connectivity index (χ2v) is 5.09. The highest BCUT2D eigenvalue weighted by Crippen LogP contribution is 2.08. The van der Waals surface area contributed by atoms with Gasteiger partial charge in [-0.15, -0.1) is 0 Å². The molecule has 2 N–H and O–H groups in total. The fourth-order valence-electron chi connectivity index (χ4n) is 1.63. The Balaban J connectivity index is 2.37. The molecule has 2 unspecified atom stereocenters. The minimum Gasteiger partial charge on any atom is -0.461 e. The Hall–Kier alpha value is -1.62. The van der Waals surface area contributed by atoms with Gasteiger partial charge in [-0.2, -0.15) is 0 Å². The molecule has 106 valence electrons. The molecule has 1 amide bonds. The number of rotatable bonds is 7. The molecule has 5 heteroatoms. The molecular weight excluding hydrogens is 246 g/mol. The first-order chi connectivity index (χ1) is 8.90. The van der Waals surface area contributed by atoms with Gasteiger partial charge in [0.15, 0.2) is 11.5 Å². The van der Waals surface area contributed by atoms with Gasteiger partial charge in [0.2, 0.25) is 5.91 Å². The smallest absolute Gasteiger partial charge is 0.222 e. The van der Waals surface area contributed by atoms with Crippen LogP contribution in [0.15, 0.2) is 22.8 Å². The molecule has 0 saturated carbocycles. The second kappa shape index (κ2) is 7.09. The highest BCUT2D eigenvalue weighted by molar-refractivity contribution is 5.94. The van der Waals surface area contributed by atoms with Gasteiger partial charge in [-0.1, -0.05) is 13.8 Å². The lowest BCUT2D eigenvalue weighted by molar-refractivity contribution is -0.124. The minimum absolute atomic E-state index is 0.0332. The average Bonchev–Trinajstić information content (AvgIpc) is 2.81. The maximum Gasteiger partial charge on any atom is 0.222 e. The van der Waals surface area contributed by atoms with Crippen molar-refractivity contribution < 1.29 is 19.1 Å². The van der Waals surface area contributed by atoms with E-state index in [1.807, 2.05) is 13.8 Å². The van der Waals surface area contributed by atoms with Gasteiger partial charge in [0.1, 0.15) is 0 Å². The minimum atomic E-state index is -0.659. The van der Waals surface area contributed by atoms with E-state index in [1.165, 1.54) is 6.26 Å². The Morgan fingerprint density at radius 1 is 1.32 bits per heavy atom. The third-order valence-corrected chi connectivity index (χ3v) is 2.86. The van der Waals surface area contributed by atoms with Gasteiger partial charge in [0.05, 0.1) is 18.8 Å². The van der Waals surface area contributed by atoms with E-state index < -0.39 is 6.10 Å². The van der Waals surface area contributed by atoms with E-state index in [4.69, 9.17) is 4.42 Å². The van der Waals surface area contributed by atoms with E-state index in [2.05, 4.69) is 5.32 Å². The number of ketones is 1. The molecule has 0 aromatic carbocycles. The third-order valence-electron chi connectivity index (χ3n) is 2.86. The van der Waals surface area contributed by atoms with Gasteiger partial charge in [-0.05, 0) is 25.0 Å². The van der Waals surface area contributed by atoms with Gasteiger partial charge < -0.3 is 14.8 Å². The molecule has 1 aromatic heterocycles. The fraction of sp³-hybridized carbons (Fsp3) is 0.571. The Morgan fingerprint density at radius 3 is 2.53 bits per heavy atom. The van der Waals surface area contributed by atoms with E-state index in [9.17, 15) is 14.7 Å². The number of hydrogen-bond acceptors (Lipinski definition) is 4. The standard InChI is InChI=1S/C14H21NO4/c1-9(2)11(16)8-14(18)15-10(3)7-12(17)13-5-4-6-19-13/h4-6,9-11,16H,7-8H2,1-3H3,(H,15,18). The van der Waals surface area contributed by atoms with Crippen molar-refractivity contribution in [2.75, 3.05) is 0 Å². The number of furan rings is 1. The zero-order chi connectivity index (χ0) is 14.4. The second-order valence-electron chi connectivity index (χ2n) is 5.09. The maximum absolute atomic E-state index is 11.7. The van der Waals surface area contributed by atoms with Crippen LogP contribution < -0.4 is 5.32 Å². The number of carbonyl (C=O) groups excluding carboxylic acids is 2. The van der Waals surface area contributed by atoms with Gasteiger partial charge in [-0.25, -0.2) is 0 Å². The first-order valence-electron chi connectivity index (χ1n) is 6.44. The summed E-state index contributed by atoms with van der Waals surface area (Å²) in [5.74, 6) is -0.0720. The zero-order valence-electron chi connectivity index (χ0n) is 11.6. The first kappa shape index (κ1) is 15.4. The highest BCUT2D eigenvalue weighted by atomic mass is 16.3. The van der Waals surface area contributed by atoms with E-state index in [1.54, 1.807) is 19.1 Å². The van der Waals surface area contributed by atoms with Gasteiger partial charge >= 0.3 is 0 Å². The van der Waals surface area contributed by atoms with Crippen LogP contribution in [0.1, 0.15) is 44.2 Å². The molecule has 0 bridgehead atoms. The summed E-state index contributed by atoms with van der Waals surface area (Å²) in [7, 11) is 0. The summed E-state index contributed by atoms with van der Waals surface area (Å²) in [6.45, 7) is 5.45. The molecule has 0 fully saturated rings. The Labute approximate surface area is 113 Å². The zero-order valence-corrected chi connectivity index (χ0v) is 11.6. The maximum atomic E-state index is 11.7. The predicted molar refractivity (Wildman–Crippen MR) is 70.7 cm³/mol.